The highest BCUT2D eigenvalue weighted by Gasteiger charge is 2.19. The summed E-state index contributed by atoms with van der Waals surface area (Å²) in [6.07, 6.45) is 2.63. The molecule has 18 heavy (non-hydrogen) atoms. The number of likely N-dealkylation sites (N-methyl/N-ethyl adjacent to an activating group) is 1. The van der Waals surface area contributed by atoms with Gasteiger partial charge in [0.25, 0.3) is 0 Å². The minimum atomic E-state index is 0.0838. The summed E-state index contributed by atoms with van der Waals surface area (Å²) in [5.74, 6) is 1.56. The summed E-state index contributed by atoms with van der Waals surface area (Å²) in [7, 11) is 2.11. The standard InChI is InChI=1S/C12H19N5O/c1-9(18)6-13-11-5-12(15-8-14-11)16-10-3-4-17(2)7-10/h5,8,10H,3-4,6-7H2,1-2H3,(H2,13,14,15,16). The SMILES string of the molecule is CC(=O)CNc1cc(NC2CCN(C)C2)ncn1. The van der Waals surface area contributed by atoms with E-state index in [0.29, 0.717) is 18.4 Å². The molecule has 6 heteroatoms. The molecule has 0 radical (unpaired) electrons. The van der Waals surface area contributed by atoms with Crippen molar-refractivity contribution >= 4 is 17.4 Å². The highest BCUT2D eigenvalue weighted by atomic mass is 16.1. The van der Waals surface area contributed by atoms with Crippen LogP contribution >= 0.6 is 0 Å². The lowest BCUT2D eigenvalue weighted by Crippen LogP contribution is -2.24. The molecule has 2 rings (SSSR count). The average molecular weight is 249 g/mol. The lowest BCUT2D eigenvalue weighted by molar-refractivity contribution is -0.115. The molecule has 0 spiro atoms. The number of hydrogen-bond acceptors (Lipinski definition) is 6. The van der Waals surface area contributed by atoms with Crippen molar-refractivity contribution < 1.29 is 4.79 Å². The summed E-state index contributed by atoms with van der Waals surface area (Å²) in [5.41, 5.74) is 0. The van der Waals surface area contributed by atoms with Crippen LogP contribution in [0.2, 0.25) is 0 Å². The zero-order valence-electron chi connectivity index (χ0n) is 10.8. The first-order chi connectivity index (χ1) is 8.63. The van der Waals surface area contributed by atoms with E-state index in [9.17, 15) is 4.79 Å². The van der Waals surface area contributed by atoms with Gasteiger partial charge in [-0.15, -0.1) is 0 Å². The summed E-state index contributed by atoms with van der Waals surface area (Å²) >= 11 is 0. The lowest BCUT2D eigenvalue weighted by Gasteiger charge is -2.13. The van der Waals surface area contributed by atoms with Gasteiger partial charge in [0.05, 0.1) is 6.54 Å². The predicted molar refractivity (Wildman–Crippen MR) is 70.7 cm³/mol. The van der Waals surface area contributed by atoms with Gasteiger partial charge in [-0.05, 0) is 26.9 Å². The Bertz CT molecular complexity index is 423. The van der Waals surface area contributed by atoms with E-state index in [0.717, 1.165) is 25.3 Å². The Morgan fingerprint density at radius 1 is 1.50 bits per heavy atom. The van der Waals surface area contributed by atoms with Crippen molar-refractivity contribution in [3.05, 3.63) is 12.4 Å². The number of nitrogens with one attached hydrogen (secondary N) is 2. The fourth-order valence-electron chi connectivity index (χ4n) is 2.01. The number of nitrogens with zero attached hydrogens (tertiary/aromatic N) is 3. The van der Waals surface area contributed by atoms with Crippen molar-refractivity contribution in [2.45, 2.75) is 19.4 Å². The molecule has 1 atom stereocenters. The van der Waals surface area contributed by atoms with Crippen LogP contribution in [0.25, 0.3) is 0 Å². The zero-order valence-corrected chi connectivity index (χ0v) is 10.8. The molecular weight excluding hydrogens is 230 g/mol. The van der Waals surface area contributed by atoms with Gasteiger partial charge in [0, 0.05) is 18.7 Å². The smallest absolute Gasteiger partial charge is 0.148 e. The van der Waals surface area contributed by atoms with Gasteiger partial charge in [0.1, 0.15) is 23.7 Å². The number of anilines is 2. The maximum Gasteiger partial charge on any atom is 0.148 e. The fraction of sp³-hybridized carbons (Fsp3) is 0.583. The Kier molecular flexibility index (Phi) is 4.09. The van der Waals surface area contributed by atoms with Crippen LogP contribution in [0.5, 0.6) is 0 Å². The number of rotatable bonds is 5. The van der Waals surface area contributed by atoms with Crippen LogP contribution < -0.4 is 10.6 Å². The Morgan fingerprint density at radius 2 is 2.28 bits per heavy atom. The molecule has 98 valence electrons. The third kappa shape index (κ3) is 3.66. The maximum absolute atomic E-state index is 10.9. The van der Waals surface area contributed by atoms with Gasteiger partial charge in [-0.3, -0.25) is 4.79 Å². The quantitative estimate of drug-likeness (QED) is 0.796. The first-order valence-electron chi connectivity index (χ1n) is 6.14. The molecule has 2 heterocycles. The fourth-order valence-corrected chi connectivity index (χ4v) is 2.01. The number of Topliss-reactive ketones (excluding diaryl/α,β-unsaturated/α-hetero) is 1. The Morgan fingerprint density at radius 3 is 2.94 bits per heavy atom. The van der Waals surface area contributed by atoms with E-state index in [1.54, 1.807) is 6.92 Å². The lowest BCUT2D eigenvalue weighted by atomic mass is 10.2. The van der Waals surface area contributed by atoms with Crippen LogP contribution in [0.3, 0.4) is 0 Å². The number of carbonyl (C=O) groups excluding carboxylic acids is 1. The van der Waals surface area contributed by atoms with Gasteiger partial charge in [-0.1, -0.05) is 0 Å². The summed E-state index contributed by atoms with van der Waals surface area (Å²) < 4.78 is 0. The van der Waals surface area contributed by atoms with Crippen molar-refractivity contribution in [1.82, 2.24) is 14.9 Å². The van der Waals surface area contributed by atoms with Gasteiger partial charge in [0.2, 0.25) is 0 Å². The number of ketones is 1. The number of aromatic nitrogens is 2. The van der Waals surface area contributed by atoms with Crippen molar-refractivity contribution in [3.8, 4) is 0 Å². The summed E-state index contributed by atoms with van der Waals surface area (Å²) in [6, 6.07) is 2.27. The van der Waals surface area contributed by atoms with Crippen LogP contribution in [0.4, 0.5) is 11.6 Å². The molecule has 1 aliphatic rings. The van der Waals surface area contributed by atoms with E-state index < -0.39 is 0 Å². The largest absolute Gasteiger partial charge is 0.366 e. The molecule has 6 nitrogen and oxygen atoms in total. The van der Waals surface area contributed by atoms with Crippen molar-refractivity contribution in [3.63, 3.8) is 0 Å². The predicted octanol–water partition coefficient (Wildman–Crippen LogP) is 0.593. The minimum Gasteiger partial charge on any atom is -0.366 e. The Balaban J connectivity index is 1.92. The van der Waals surface area contributed by atoms with E-state index in [2.05, 4.69) is 32.5 Å². The highest BCUT2D eigenvalue weighted by molar-refractivity contribution is 5.80. The highest BCUT2D eigenvalue weighted by Crippen LogP contribution is 2.14. The van der Waals surface area contributed by atoms with Gasteiger partial charge in [-0.2, -0.15) is 0 Å². The molecule has 1 fully saturated rings. The molecule has 0 saturated carbocycles. The number of hydrogen-bond donors (Lipinski definition) is 2. The molecule has 2 N–H and O–H groups in total. The molecule has 1 aromatic rings. The Labute approximate surface area is 107 Å². The average Bonchev–Trinajstić information content (AvgIpc) is 2.73. The zero-order chi connectivity index (χ0) is 13.0. The van der Waals surface area contributed by atoms with E-state index in [1.807, 2.05) is 6.07 Å². The van der Waals surface area contributed by atoms with Crippen LogP contribution in [0.1, 0.15) is 13.3 Å². The van der Waals surface area contributed by atoms with Crippen LogP contribution in [0, 0.1) is 0 Å². The molecule has 1 unspecified atom stereocenters. The molecule has 1 saturated heterocycles. The van der Waals surface area contributed by atoms with Crippen LogP contribution in [0.15, 0.2) is 12.4 Å². The minimum absolute atomic E-state index is 0.0838. The third-order valence-electron chi connectivity index (χ3n) is 2.93. The topological polar surface area (TPSA) is 70.2 Å². The van der Waals surface area contributed by atoms with Crippen molar-refractivity contribution in [2.24, 2.45) is 0 Å². The second-order valence-electron chi connectivity index (χ2n) is 4.74. The van der Waals surface area contributed by atoms with Crippen molar-refractivity contribution in [1.29, 1.82) is 0 Å². The Hall–Kier alpha value is -1.69. The summed E-state index contributed by atoms with van der Waals surface area (Å²) in [4.78, 5) is 21.4. The first-order valence-corrected chi connectivity index (χ1v) is 6.14. The summed E-state index contributed by atoms with van der Waals surface area (Å²) in [5, 5.41) is 6.35. The van der Waals surface area contributed by atoms with Gasteiger partial charge < -0.3 is 15.5 Å². The normalized spacial score (nSPS) is 19.8. The monoisotopic (exact) mass is 249 g/mol. The molecular formula is C12H19N5O. The second kappa shape index (κ2) is 5.77. The molecule has 1 aliphatic heterocycles. The van der Waals surface area contributed by atoms with Gasteiger partial charge >= 0.3 is 0 Å². The number of carbonyl (C=O) groups is 1. The molecule has 0 aromatic carbocycles. The molecule has 0 bridgehead atoms. The number of likely N-dealkylation sites (tertiary alicyclic amines) is 1. The van der Waals surface area contributed by atoms with Gasteiger partial charge in [-0.25, -0.2) is 9.97 Å². The van der Waals surface area contributed by atoms with E-state index >= 15 is 0 Å². The van der Waals surface area contributed by atoms with Crippen LogP contribution in [-0.2, 0) is 4.79 Å². The first kappa shape index (κ1) is 12.8. The van der Waals surface area contributed by atoms with Gasteiger partial charge in [0.15, 0.2) is 0 Å². The molecule has 0 amide bonds. The van der Waals surface area contributed by atoms with Crippen molar-refractivity contribution in [2.75, 3.05) is 37.3 Å². The van der Waals surface area contributed by atoms with E-state index in [4.69, 9.17) is 0 Å². The molecule has 0 aliphatic carbocycles. The van der Waals surface area contributed by atoms with E-state index in [-0.39, 0.29) is 5.78 Å². The third-order valence-corrected chi connectivity index (χ3v) is 2.93. The van der Waals surface area contributed by atoms with E-state index in [1.165, 1.54) is 6.33 Å². The summed E-state index contributed by atoms with van der Waals surface area (Å²) in [6.45, 7) is 3.97. The molecule has 1 aromatic heterocycles. The second-order valence-corrected chi connectivity index (χ2v) is 4.74. The van der Waals surface area contributed by atoms with Crippen LogP contribution in [-0.4, -0.2) is 53.4 Å². The maximum atomic E-state index is 10.9.